The average Bonchev–Trinajstić information content (AvgIpc) is 3.32. The van der Waals surface area contributed by atoms with Gasteiger partial charge < -0.3 is 24.4 Å². The van der Waals surface area contributed by atoms with Crippen LogP contribution in [0.5, 0.6) is 11.5 Å². The second-order valence-corrected chi connectivity index (χ2v) is 9.18. The van der Waals surface area contributed by atoms with Crippen molar-refractivity contribution in [2.75, 3.05) is 38.7 Å². The number of fused-ring (bicyclic) bond motifs is 3. The van der Waals surface area contributed by atoms with E-state index in [2.05, 4.69) is 44.0 Å². The van der Waals surface area contributed by atoms with Gasteiger partial charge >= 0.3 is 0 Å². The number of methoxy groups -OCH3 is 1. The molecule has 2 aliphatic rings. The minimum absolute atomic E-state index is 0.294. The van der Waals surface area contributed by atoms with E-state index < -0.39 is 0 Å². The van der Waals surface area contributed by atoms with Crippen LogP contribution >= 0.6 is 0 Å². The second kappa shape index (κ2) is 8.60. The summed E-state index contributed by atoms with van der Waals surface area (Å²) in [5.74, 6) is 2.41. The van der Waals surface area contributed by atoms with Gasteiger partial charge in [0.05, 0.1) is 31.4 Å². The minimum Gasteiger partial charge on any atom is -0.493 e. The summed E-state index contributed by atoms with van der Waals surface area (Å²) in [6.45, 7) is 13.3. The lowest BCUT2D eigenvalue weighted by Crippen LogP contribution is -2.22. The quantitative estimate of drug-likeness (QED) is 0.634. The van der Waals surface area contributed by atoms with Crippen LogP contribution in [0, 0.1) is 0 Å². The topological polar surface area (TPSA) is 55.8 Å². The lowest BCUT2D eigenvalue weighted by molar-refractivity contribution is -0.00707. The number of pyridine rings is 1. The summed E-state index contributed by atoms with van der Waals surface area (Å²) in [4.78, 5) is 7.46. The first-order chi connectivity index (χ1) is 14.4. The first-order valence-corrected chi connectivity index (χ1v) is 11.2. The highest BCUT2D eigenvalue weighted by Crippen LogP contribution is 2.45. The molecule has 0 atom stereocenters. The fourth-order valence-corrected chi connectivity index (χ4v) is 4.61. The fourth-order valence-electron chi connectivity index (χ4n) is 4.61. The number of hydrogen-bond acceptors (Lipinski definition) is 6. The molecule has 0 bridgehead atoms. The lowest BCUT2D eigenvalue weighted by atomic mass is 9.92. The highest BCUT2D eigenvalue weighted by Gasteiger charge is 2.36. The Morgan fingerprint density at radius 3 is 2.67 bits per heavy atom. The van der Waals surface area contributed by atoms with Crippen LogP contribution in [-0.4, -0.2) is 49.3 Å². The Kier molecular flexibility index (Phi) is 6.07. The van der Waals surface area contributed by atoms with Crippen LogP contribution in [-0.2, 0) is 16.9 Å². The smallest absolute Gasteiger partial charge is 0.163 e. The van der Waals surface area contributed by atoms with Crippen molar-refractivity contribution in [1.29, 1.82) is 0 Å². The number of hydrogen-bond donors (Lipinski definition) is 1. The lowest BCUT2D eigenvalue weighted by Gasteiger charge is -2.22. The molecule has 2 aromatic rings. The summed E-state index contributed by atoms with van der Waals surface area (Å²) in [6.07, 6.45) is 3.66. The van der Waals surface area contributed by atoms with Crippen LogP contribution < -0.4 is 14.8 Å². The Hall–Kier alpha value is -2.05. The summed E-state index contributed by atoms with van der Waals surface area (Å²) >= 11 is 0. The zero-order valence-electron chi connectivity index (χ0n) is 19.0. The highest BCUT2D eigenvalue weighted by molar-refractivity contribution is 5.90. The molecule has 2 aliphatic heterocycles. The summed E-state index contributed by atoms with van der Waals surface area (Å²) in [5, 5.41) is 4.57. The van der Waals surface area contributed by atoms with Crippen LogP contribution in [0.1, 0.15) is 58.1 Å². The Labute approximate surface area is 179 Å². The Bertz CT molecular complexity index is 904. The van der Waals surface area contributed by atoms with Crippen LogP contribution in [0.2, 0.25) is 0 Å². The van der Waals surface area contributed by atoms with Gasteiger partial charge in [0.2, 0.25) is 0 Å². The molecule has 0 spiro atoms. The molecule has 1 saturated heterocycles. The first-order valence-electron chi connectivity index (χ1n) is 11.2. The van der Waals surface area contributed by atoms with Gasteiger partial charge in [-0.05, 0) is 66.1 Å². The van der Waals surface area contributed by atoms with Crippen LogP contribution in [0.3, 0.4) is 0 Å². The number of nitrogens with one attached hydrogen (secondary N) is 1. The molecule has 6 nitrogen and oxygen atoms in total. The number of nitrogens with zero attached hydrogens (tertiary/aromatic N) is 2. The van der Waals surface area contributed by atoms with E-state index in [0.717, 1.165) is 46.7 Å². The second-order valence-electron chi connectivity index (χ2n) is 9.18. The maximum absolute atomic E-state index is 6.14. The third kappa shape index (κ3) is 4.21. The van der Waals surface area contributed by atoms with E-state index in [9.17, 15) is 0 Å². The summed E-state index contributed by atoms with van der Waals surface area (Å²) < 4.78 is 17.9. The van der Waals surface area contributed by atoms with Gasteiger partial charge in [0.15, 0.2) is 11.5 Å². The van der Waals surface area contributed by atoms with Crippen LogP contribution in [0.15, 0.2) is 12.1 Å². The van der Waals surface area contributed by atoms with Gasteiger partial charge in [-0.3, -0.25) is 0 Å². The van der Waals surface area contributed by atoms with Gasteiger partial charge in [0, 0.05) is 35.2 Å². The molecular formula is C24H35N3O3. The van der Waals surface area contributed by atoms with Crippen molar-refractivity contribution >= 4 is 16.7 Å². The molecule has 0 amide bonds. The predicted molar refractivity (Wildman–Crippen MR) is 121 cm³/mol. The van der Waals surface area contributed by atoms with Crippen molar-refractivity contribution in [2.24, 2.45) is 0 Å². The zero-order chi connectivity index (χ0) is 21.3. The van der Waals surface area contributed by atoms with Gasteiger partial charge in [-0.2, -0.15) is 0 Å². The molecule has 0 unspecified atom stereocenters. The predicted octanol–water partition coefficient (Wildman–Crippen LogP) is 4.69. The van der Waals surface area contributed by atoms with E-state index in [1.165, 1.54) is 31.5 Å². The van der Waals surface area contributed by atoms with E-state index >= 15 is 0 Å². The normalized spacial score (nSPS) is 18.2. The van der Waals surface area contributed by atoms with Crippen molar-refractivity contribution in [2.45, 2.75) is 65.2 Å². The summed E-state index contributed by atoms with van der Waals surface area (Å²) in [6, 6.07) is 4.37. The van der Waals surface area contributed by atoms with E-state index in [1.807, 2.05) is 6.07 Å². The third-order valence-electron chi connectivity index (χ3n) is 6.05. The molecule has 3 heterocycles. The maximum atomic E-state index is 6.14. The number of likely N-dealkylation sites (tertiary alicyclic amines) is 1. The SMILES string of the molecule is COc1cc2c3c(c(NC(C)C)nc2cc1OCCCN1CCCC1)COC3(C)C. The molecule has 1 fully saturated rings. The minimum atomic E-state index is -0.368. The monoisotopic (exact) mass is 413 g/mol. The van der Waals surface area contributed by atoms with E-state index in [1.54, 1.807) is 7.11 Å². The van der Waals surface area contributed by atoms with Crippen molar-refractivity contribution in [3.05, 3.63) is 23.3 Å². The van der Waals surface area contributed by atoms with Crippen molar-refractivity contribution in [1.82, 2.24) is 9.88 Å². The molecule has 30 heavy (non-hydrogen) atoms. The number of rotatable bonds is 8. The van der Waals surface area contributed by atoms with Gasteiger partial charge in [0.1, 0.15) is 5.82 Å². The van der Waals surface area contributed by atoms with Gasteiger partial charge in [-0.25, -0.2) is 4.98 Å². The molecule has 6 heteroatoms. The number of aromatic nitrogens is 1. The number of benzene rings is 1. The van der Waals surface area contributed by atoms with Gasteiger partial charge in [-0.1, -0.05) is 0 Å². The van der Waals surface area contributed by atoms with Crippen molar-refractivity contribution in [3.63, 3.8) is 0 Å². The molecular weight excluding hydrogens is 378 g/mol. The zero-order valence-corrected chi connectivity index (χ0v) is 19.0. The van der Waals surface area contributed by atoms with Crippen LogP contribution in [0.25, 0.3) is 10.9 Å². The highest BCUT2D eigenvalue weighted by atomic mass is 16.5. The van der Waals surface area contributed by atoms with Crippen molar-refractivity contribution < 1.29 is 14.2 Å². The fraction of sp³-hybridized carbons (Fsp3) is 0.625. The van der Waals surface area contributed by atoms with Crippen LogP contribution in [0.4, 0.5) is 5.82 Å². The van der Waals surface area contributed by atoms with E-state index in [4.69, 9.17) is 19.2 Å². The van der Waals surface area contributed by atoms with Gasteiger partial charge in [0.25, 0.3) is 0 Å². The Morgan fingerprint density at radius 2 is 1.97 bits per heavy atom. The Morgan fingerprint density at radius 1 is 1.20 bits per heavy atom. The third-order valence-corrected chi connectivity index (χ3v) is 6.05. The Balaban J connectivity index is 1.64. The van der Waals surface area contributed by atoms with E-state index in [-0.39, 0.29) is 5.60 Å². The summed E-state index contributed by atoms with van der Waals surface area (Å²) in [7, 11) is 1.70. The molecule has 0 radical (unpaired) electrons. The molecule has 1 N–H and O–H groups in total. The maximum Gasteiger partial charge on any atom is 0.163 e. The molecule has 0 saturated carbocycles. The average molecular weight is 414 g/mol. The largest absolute Gasteiger partial charge is 0.493 e. The number of anilines is 1. The molecule has 1 aromatic heterocycles. The number of ether oxygens (including phenoxy) is 3. The molecule has 164 valence electrons. The summed E-state index contributed by atoms with van der Waals surface area (Å²) in [5.41, 5.74) is 2.87. The molecule has 4 rings (SSSR count). The molecule has 1 aromatic carbocycles. The first kappa shape index (κ1) is 21.2. The van der Waals surface area contributed by atoms with Crippen molar-refractivity contribution in [3.8, 4) is 11.5 Å². The van der Waals surface area contributed by atoms with Gasteiger partial charge in [-0.15, -0.1) is 0 Å². The molecule has 0 aliphatic carbocycles. The van der Waals surface area contributed by atoms with E-state index in [0.29, 0.717) is 19.3 Å². The standard InChI is InChI=1S/C24H35N3O3/c1-16(2)25-23-18-15-30-24(3,4)22(18)17-13-20(28-5)21(14-19(17)26-23)29-12-8-11-27-9-6-7-10-27/h13-14,16H,6-12,15H2,1-5H3,(H,25,26).